The number of hydrogen-bond acceptors (Lipinski definition) is 6. The van der Waals surface area contributed by atoms with Crippen LogP contribution in [0.4, 0.5) is 23.7 Å². The predicted molar refractivity (Wildman–Crippen MR) is 170 cm³/mol. The first-order valence-electron chi connectivity index (χ1n) is 15.0. The fourth-order valence-electron chi connectivity index (χ4n) is 5.24. The molecule has 5 rings (SSSR count). The Morgan fingerprint density at radius 1 is 0.894 bits per heavy atom. The van der Waals surface area contributed by atoms with E-state index in [0.717, 1.165) is 35.2 Å². The second kappa shape index (κ2) is 12.6. The summed E-state index contributed by atoms with van der Waals surface area (Å²) in [6, 6.07) is 13.0. The molecule has 0 N–H and O–H groups in total. The van der Waals surface area contributed by atoms with E-state index in [0.29, 0.717) is 54.8 Å². The average Bonchev–Trinajstić information content (AvgIpc) is 3.35. The fraction of sp³-hybridized carbons (Fsp3) is 0.353. The van der Waals surface area contributed by atoms with Crippen LogP contribution in [0, 0.1) is 6.92 Å². The standard InChI is InChI=1S/C34H36F3N5O5/c1-21-17-25(39(5)30(43)22-7-9-24(10-8-22)34(35,36)37)20-38-29(21)46-26-11-12-27-23(18-26)19-28(40(27)6)31(44)41-13-15-42(16-14-41)32(45)47-33(2,3)4/h7-12,17-20H,13-16H2,1-6H3. The highest BCUT2D eigenvalue weighted by Crippen LogP contribution is 2.32. The molecule has 1 aliphatic heterocycles. The van der Waals surface area contributed by atoms with E-state index < -0.39 is 23.2 Å². The number of benzene rings is 2. The van der Waals surface area contributed by atoms with Gasteiger partial charge in [-0.3, -0.25) is 9.59 Å². The van der Waals surface area contributed by atoms with Gasteiger partial charge in [-0.2, -0.15) is 13.2 Å². The summed E-state index contributed by atoms with van der Waals surface area (Å²) in [7, 11) is 3.33. The number of aryl methyl sites for hydroxylation is 2. The van der Waals surface area contributed by atoms with Gasteiger partial charge in [0, 0.05) is 62.3 Å². The molecule has 0 atom stereocenters. The van der Waals surface area contributed by atoms with E-state index in [9.17, 15) is 27.6 Å². The van der Waals surface area contributed by atoms with Crippen molar-refractivity contribution < 1.29 is 37.0 Å². The van der Waals surface area contributed by atoms with Gasteiger partial charge in [0.25, 0.3) is 11.8 Å². The summed E-state index contributed by atoms with van der Waals surface area (Å²) in [5, 5.41) is 0.789. The number of ether oxygens (including phenoxy) is 2. The van der Waals surface area contributed by atoms with E-state index in [1.807, 2.05) is 44.5 Å². The van der Waals surface area contributed by atoms with Crippen LogP contribution in [0.3, 0.4) is 0 Å². The van der Waals surface area contributed by atoms with E-state index >= 15 is 0 Å². The Labute approximate surface area is 270 Å². The van der Waals surface area contributed by atoms with E-state index in [4.69, 9.17) is 9.47 Å². The number of pyridine rings is 1. The third-order valence-electron chi connectivity index (χ3n) is 7.83. The molecule has 4 aromatic rings. The third kappa shape index (κ3) is 7.34. The molecule has 1 saturated heterocycles. The number of alkyl halides is 3. The minimum absolute atomic E-state index is 0.107. The fourth-order valence-corrected chi connectivity index (χ4v) is 5.24. The number of hydrogen-bond donors (Lipinski definition) is 0. The Hall–Kier alpha value is -5.07. The first-order chi connectivity index (χ1) is 22.0. The predicted octanol–water partition coefficient (Wildman–Crippen LogP) is 6.66. The van der Waals surface area contributed by atoms with Crippen LogP contribution in [0.2, 0.25) is 0 Å². The van der Waals surface area contributed by atoms with Crippen LogP contribution in [0.1, 0.15) is 52.7 Å². The van der Waals surface area contributed by atoms with E-state index in [1.165, 1.54) is 18.1 Å². The highest BCUT2D eigenvalue weighted by atomic mass is 19.4. The SMILES string of the molecule is Cc1cc(N(C)C(=O)c2ccc(C(F)(F)F)cc2)cnc1Oc1ccc2c(c1)cc(C(=O)N1CCN(C(=O)OC(C)(C)C)CC1)n2C. The lowest BCUT2D eigenvalue weighted by atomic mass is 10.1. The van der Waals surface area contributed by atoms with Crippen molar-refractivity contribution in [1.82, 2.24) is 19.4 Å². The molecule has 13 heteroatoms. The maximum atomic E-state index is 13.5. The highest BCUT2D eigenvalue weighted by Gasteiger charge is 2.31. The molecule has 0 spiro atoms. The average molecular weight is 652 g/mol. The lowest BCUT2D eigenvalue weighted by Gasteiger charge is -2.35. The first kappa shape index (κ1) is 33.3. The second-order valence-electron chi connectivity index (χ2n) is 12.4. The van der Waals surface area contributed by atoms with Crippen molar-refractivity contribution in [3.05, 3.63) is 83.2 Å². The quantitative estimate of drug-likeness (QED) is 0.240. The molecule has 0 unspecified atom stereocenters. The van der Waals surface area contributed by atoms with Crippen LogP contribution >= 0.6 is 0 Å². The third-order valence-corrected chi connectivity index (χ3v) is 7.83. The molecular weight excluding hydrogens is 615 g/mol. The van der Waals surface area contributed by atoms with Gasteiger partial charge in [0.05, 0.1) is 17.4 Å². The molecule has 0 bridgehead atoms. The van der Waals surface area contributed by atoms with Crippen LogP contribution < -0.4 is 9.64 Å². The minimum Gasteiger partial charge on any atom is -0.444 e. The molecule has 1 fully saturated rings. The molecule has 3 amide bonds. The minimum atomic E-state index is -4.49. The van der Waals surface area contributed by atoms with Crippen molar-refractivity contribution in [2.45, 2.75) is 39.5 Å². The van der Waals surface area contributed by atoms with Gasteiger partial charge in [-0.05, 0) is 82.3 Å². The van der Waals surface area contributed by atoms with Crippen LogP contribution in [0.5, 0.6) is 11.6 Å². The number of carbonyl (C=O) groups is 3. The van der Waals surface area contributed by atoms with Crippen molar-refractivity contribution in [3.8, 4) is 11.6 Å². The van der Waals surface area contributed by atoms with E-state index in [1.54, 1.807) is 34.9 Å². The molecule has 0 aliphatic carbocycles. The van der Waals surface area contributed by atoms with E-state index in [-0.39, 0.29) is 17.6 Å². The monoisotopic (exact) mass is 651 g/mol. The molecule has 10 nitrogen and oxygen atoms in total. The van der Waals surface area contributed by atoms with Gasteiger partial charge < -0.3 is 28.7 Å². The summed E-state index contributed by atoms with van der Waals surface area (Å²) < 4.78 is 52.0. The van der Waals surface area contributed by atoms with Gasteiger partial charge in [0.15, 0.2) is 0 Å². The largest absolute Gasteiger partial charge is 0.444 e. The molecule has 0 saturated carbocycles. The normalized spacial score (nSPS) is 13.9. The number of amides is 3. The van der Waals surface area contributed by atoms with Crippen LogP contribution in [-0.4, -0.2) is 76.1 Å². The highest BCUT2D eigenvalue weighted by molar-refractivity contribution is 6.05. The van der Waals surface area contributed by atoms with Gasteiger partial charge in [0.1, 0.15) is 17.0 Å². The number of nitrogens with zero attached hydrogens (tertiary/aromatic N) is 5. The summed E-state index contributed by atoms with van der Waals surface area (Å²) in [5.41, 5.74) is 1.08. The zero-order valence-corrected chi connectivity index (χ0v) is 27.0. The summed E-state index contributed by atoms with van der Waals surface area (Å²) in [5.74, 6) is 0.167. The zero-order valence-electron chi connectivity index (χ0n) is 27.0. The van der Waals surface area contributed by atoms with Crippen molar-refractivity contribution in [1.29, 1.82) is 0 Å². The summed E-state index contributed by atoms with van der Waals surface area (Å²) in [4.78, 5) is 47.8. The van der Waals surface area contributed by atoms with Crippen LogP contribution in [0.15, 0.2) is 60.8 Å². The number of piperazine rings is 1. The lowest BCUT2D eigenvalue weighted by molar-refractivity contribution is -0.137. The van der Waals surface area contributed by atoms with Gasteiger partial charge >= 0.3 is 12.3 Å². The molecule has 2 aromatic heterocycles. The van der Waals surface area contributed by atoms with Gasteiger partial charge in [-0.1, -0.05) is 0 Å². The Morgan fingerprint density at radius 3 is 2.13 bits per heavy atom. The molecule has 47 heavy (non-hydrogen) atoms. The first-order valence-corrected chi connectivity index (χ1v) is 15.0. The lowest BCUT2D eigenvalue weighted by Crippen LogP contribution is -2.51. The van der Waals surface area contributed by atoms with Crippen molar-refractivity contribution in [3.63, 3.8) is 0 Å². The van der Waals surface area contributed by atoms with Crippen molar-refractivity contribution in [2.24, 2.45) is 7.05 Å². The van der Waals surface area contributed by atoms with Gasteiger partial charge in [-0.15, -0.1) is 0 Å². The van der Waals surface area contributed by atoms with Crippen LogP contribution in [0.25, 0.3) is 10.9 Å². The second-order valence-corrected chi connectivity index (χ2v) is 12.4. The topological polar surface area (TPSA) is 97.2 Å². The Balaban J connectivity index is 1.25. The molecule has 248 valence electrons. The number of rotatable bonds is 5. The molecular formula is C34H36F3N5O5. The van der Waals surface area contributed by atoms with E-state index in [2.05, 4.69) is 4.98 Å². The summed E-state index contributed by atoms with van der Waals surface area (Å²) >= 11 is 0. The number of carbonyl (C=O) groups excluding carboxylic acids is 3. The van der Waals surface area contributed by atoms with Crippen LogP contribution in [-0.2, 0) is 18.0 Å². The summed E-state index contributed by atoms with van der Waals surface area (Å²) in [6.07, 6.45) is -3.43. The zero-order chi connectivity index (χ0) is 34.3. The smallest absolute Gasteiger partial charge is 0.416 e. The van der Waals surface area contributed by atoms with Crippen molar-refractivity contribution in [2.75, 3.05) is 38.1 Å². The maximum Gasteiger partial charge on any atom is 0.416 e. The molecule has 2 aromatic carbocycles. The molecule has 1 aliphatic rings. The Bertz CT molecular complexity index is 1820. The Morgan fingerprint density at radius 2 is 1.53 bits per heavy atom. The number of aromatic nitrogens is 2. The van der Waals surface area contributed by atoms with Gasteiger partial charge in [-0.25, -0.2) is 9.78 Å². The van der Waals surface area contributed by atoms with Gasteiger partial charge in [0.2, 0.25) is 5.88 Å². The number of fused-ring (bicyclic) bond motifs is 1. The summed E-state index contributed by atoms with van der Waals surface area (Å²) in [6.45, 7) is 8.75. The maximum absolute atomic E-state index is 13.5. The Kier molecular flexibility index (Phi) is 8.94. The molecule has 3 heterocycles. The number of anilines is 1. The van der Waals surface area contributed by atoms with Crippen molar-refractivity contribution >= 4 is 34.5 Å². The molecule has 0 radical (unpaired) electrons. The number of halogens is 3.